The third-order valence-corrected chi connectivity index (χ3v) is 7.07. The Balaban J connectivity index is 0.00000171. The van der Waals surface area contributed by atoms with E-state index in [0.717, 1.165) is 57.0 Å². The standard InChI is InChI=1S/C21H24F3N3OS.2ClH.H2O/c1-25-11-13-26(14-12-25)9-4-10-27-17-5-2-3-6-19(17)29(28)20-8-7-16(15-18(20)27)21(22,23)24;;;/h2-3,5-8,15H,4,9-14H2,1H3;2*1H;1H2. The van der Waals surface area contributed by atoms with Gasteiger partial charge in [-0.05, 0) is 50.3 Å². The fourth-order valence-corrected chi connectivity index (χ4v) is 5.27. The number of nitrogens with zero attached hydrogens (tertiary/aromatic N) is 3. The lowest BCUT2D eigenvalue weighted by Gasteiger charge is -2.35. The molecule has 2 N–H and O–H groups in total. The third-order valence-electron chi connectivity index (χ3n) is 5.58. The van der Waals surface area contributed by atoms with Gasteiger partial charge in [-0.15, -0.1) is 24.8 Å². The molecule has 2 aromatic carbocycles. The monoisotopic (exact) mass is 513 g/mol. The molecule has 32 heavy (non-hydrogen) atoms. The quantitative estimate of drug-likeness (QED) is 0.620. The maximum absolute atomic E-state index is 13.3. The summed E-state index contributed by atoms with van der Waals surface area (Å²) < 4.78 is 52.9. The van der Waals surface area contributed by atoms with Crippen LogP contribution in [0.5, 0.6) is 0 Å². The number of halogens is 5. The minimum atomic E-state index is -4.43. The molecule has 180 valence electrons. The molecule has 0 aromatic heterocycles. The smallest absolute Gasteiger partial charge is 0.412 e. The second-order valence-electron chi connectivity index (χ2n) is 7.57. The normalized spacial score (nSPS) is 18.5. The van der Waals surface area contributed by atoms with E-state index in [4.69, 9.17) is 0 Å². The van der Waals surface area contributed by atoms with Crippen LogP contribution in [0, 0.1) is 0 Å². The van der Waals surface area contributed by atoms with E-state index < -0.39 is 22.5 Å². The van der Waals surface area contributed by atoms with E-state index >= 15 is 0 Å². The molecule has 0 radical (unpaired) electrons. The molecule has 0 saturated carbocycles. The molecule has 1 atom stereocenters. The van der Waals surface area contributed by atoms with Crippen molar-refractivity contribution in [1.29, 1.82) is 0 Å². The van der Waals surface area contributed by atoms with Gasteiger partial charge >= 0.3 is 6.18 Å². The predicted molar refractivity (Wildman–Crippen MR) is 126 cm³/mol. The molecule has 2 aliphatic rings. The van der Waals surface area contributed by atoms with Crippen molar-refractivity contribution in [2.24, 2.45) is 0 Å². The summed E-state index contributed by atoms with van der Waals surface area (Å²) in [5.74, 6) is 0. The molecule has 2 aromatic rings. The first-order chi connectivity index (χ1) is 13.8. The Morgan fingerprint density at radius 2 is 1.53 bits per heavy atom. The number of likely N-dealkylation sites (N-methyl/N-ethyl adjacent to an activating group) is 1. The van der Waals surface area contributed by atoms with Gasteiger partial charge in [0.05, 0.1) is 37.5 Å². The summed E-state index contributed by atoms with van der Waals surface area (Å²) in [5.41, 5.74) is 0.419. The lowest BCUT2D eigenvalue weighted by atomic mass is 10.1. The van der Waals surface area contributed by atoms with Crippen molar-refractivity contribution in [3.05, 3.63) is 48.0 Å². The van der Waals surface area contributed by atoms with E-state index in [1.165, 1.54) is 6.07 Å². The Kier molecular flexibility index (Phi) is 10.5. The fraction of sp³-hybridized carbons (Fsp3) is 0.429. The van der Waals surface area contributed by atoms with E-state index in [9.17, 15) is 17.4 Å². The summed E-state index contributed by atoms with van der Waals surface area (Å²) in [6.45, 7) is 5.54. The Bertz CT molecular complexity index is 925. The molecule has 2 heterocycles. The van der Waals surface area contributed by atoms with Crippen molar-refractivity contribution in [2.45, 2.75) is 22.4 Å². The summed E-state index contributed by atoms with van der Waals surface area (Å²) >= 11 is 0. The average Bonchev–Trinajstić information content (AvgIpc) is 2.71. The van der Waals surface area contributed by atoms with Gasteiger partial charge in [0.15, 0.2) is 0 Å². The average molecular weight is 514 g/mol. The van der Waals surface area contributed by atoms with E-state index in [2.05, 4.69) is 16.8 Å². The first-order valence-corrected chi connectivity index (χ1v) is 10.9. The van der Waals surface area contributed by atoms with Crippen LogP contribution in [-0.4, -0.2) is 65.8 Å². The lowest BCUT2D eigenvalue weighted by Crippen LogP contribution is -2.45. The van der Waals surface area contributed by atoms with E-state index in [1.54, 1.807) is 6.07 Å². The lowest BCUT2D eigenvalue weighted by molar-refractivity contribution is -0.137. The van der Waals surface area contributed by atoms with Gasteiger partial charge < -0.3 is 20.2 Å². The van der Waals surface area contributed by atoms with Crippen molar-refractivity contribution in [1.82, 2.24) is 9.80 Å². The van der Waals surface area contributed by atoms with Gasteiger partial charge in [0.1, 0.15) is 0 Å². The highest BCUT2D eigenvalue weighted by Gasteiger charge is 2.34. The number of rotatable bonds is 4. The highest BCUT2D eigenvalue weighted by Crippen LogP contribution is 2.44. The van der Waals surface area contributed by atoms with Gasteiger partial charge in [-0.3, -0.25) is 0 Å². The van der Waals surface area contributed by atoms with Gasteiger partial charge in [-0.2, -0.15) is 13.2 Å². The van der Waals surface area contributed by atoms with Crippen molar-refractivity contribution in [3.8, 4) is 0 Å². The SMILES string of the molecule is CN1CCN(CCCN2c3ccccc3S(=O)c3ccc(C(F)(F)F)cc32)CC1.Cl.Cl.O. The zero-order chi connectivity index (χ0) is 20.6. The minimum absolute atomic E-state index is 0. The van der Waals surface area contributed by atoms with Crippen LogP contribution in [0.1, 0.15) is 12.0 Å². The largest absolute Gasteiger partial charge is 0.416 e. The van der Waals surface area contributed by atoms with Gasteiger partial charge in [0.2, 0.25) is 0 Å². The van der Waals surface area contributed by atoms with Gasteiger partial charge in [-0.1, -0.05) is 12.1 Å². The van der Waals surface area contributed by atoms with Crippen LogP contribution in [-0.2, 0) is 17.0 Å². The Hall–Kier alpha value is -1.36. The molecule has 2 aliphatic heterocycles. The Morgan fingerprint density at radius 1 is 0.906 bits per heavy atom. The van der Waals surface area contributed by atoms with Crippen molar-refractivity contribution in [3.63, 3.8) is 0 Å². The molecule has 1 fully saturated rings. The number of piperazine rings is 1. The molecule has 0 aliphatic carbocycles. The molecule has 0 amide bonds. The number of anilines is 2. The van der Waals surface area contributed by atoms with E-state index in [0.29, 0.717) is 22.0 Å². The zero-order valence-corrected chi connectivity index (χ0v) is 20.0. The Labute approximate surface area is 201 Å². The molecule has 4 rings (SSSR count). The first kappa shape index (κ1) is 28.7. The van der Waals surface area contributed by atoms with E-state index in [1.807, 2.05) is 23.1 Å². The number of alkyl halides is 3. The topological polar surface area (TPSA) is 58.3 Å². The zero-order valence-electron chi connectivity index (χ0n) is 17.6. The third kappa shape index (κ3) is 5.95. The van der Waals surface area contributed by atoms with Crippen molar-refractivity contribution in [2.75, 3.05) is 51.2 Å². The minimum Gasteiger partial charge on any atom is -0.412 e. The van der Waals surface area contributed by atoms with Crippen LogP contribution in [0.15, 0.2) is 52.3 Å². The molecule has 1 saturated heterocycles. The van der Waals surface area contributed by atoms with Crippen LogP contribution in [0.2, 0.25) is 0 Å². The van der Waals surface area contributed by atoms with E-state index in [-0.39, 0.29) is 30.3 Å². The number of fused-ring (bicyclic) bond motifs is 2. The molecule has 0 bridgehead atoms. The Morgan fingerprint density at radius 3 is 2.19 bits per heavy atom. The molecule has 5 nitrogen and oxygen atoms in total. The van der Waals surface area contributed by atoms with Crippen molar-refractivity contribution >= 4 is 47.0 Å². The summed E-state index contributed by atoms with van der Waals surface area (Å²) in [4.78, 5) is 7.68. The first-order valence-electron chi connectivity index (χ1n) is 9.75. The van der Waals surface area contributed by atoms with Crippen molar-refractivity contribution < 1.29 is 22.9 Å². The summed E-state index contributed by atoms with van der Waals surface area (Å²) in [6, 6.07) is 10.8. The summed E-state index contributed by atoms with van der Waals surface area (Å²) in [5, 5.41) is 0. The fourth-order valence-electron chi connectivity index (χ4n) is 3.91. The van der Waals surface area contributed by atoms with Crippen LogP contribution in [0.4, 0.5) is 24.5 Å². The highest BCUT2D eigenvalue weighted by molar-refractivity contribution is 7.85. The molecular formula is C21H28Cl2F3N3O2S. The molecule has 0 spiro atoms. The van der Waals surface area contributed by atoms with Gasteiger partial charge in [0, 0.05) is 32.7 Å². The molecule has 1 unspecified atom stereocenters. The van der Waals surface area contributed by atoms with Gasteiger partial charge in [-0.25, -0.2) is 4.21 Å². The van der Waals surface area contributed by atoms with Crippen LogP contribution in [0.3, 0.4) is 0 Å². The summed E-state index contributed by atoms with van der Waals surface area (Å²) in [7, 11) is 0.624. The van der Waals surface area contributed by atoms with Gasteiger partial charge in [0.25, 0.3) is 0 Å². The molecule has 11 heteroatoms. The maximum Gasteiger partial charge on any atom is 0.416 e. The number of para-hydroxylation sites is 1. The van der Waals surface area contributed by atoms with Crippen LogP contribution in [0.25, 0.3) is 0 Å². The number of hydrogen-bond donors (Lipinski definition) is 0. The van der Waals surface area contributed by atoms with Crippen LogP contribution >= 0.6 is 24.8 Å². The second kappa shape index (κ2) is 11.7. The maximum atomic E-state index is 13.3. The number of benzene rings is 2. The predicted octanol–water partition coefficient (Wildman–Crippen LogP) is 3.98. The van der Waals surface area contributed by atoms with Crippen LogP contribution < -0.4 is 4.90 Å². The number of hydrogen-bond acceptors (Lipinski definition) is 4. The summed E-state index contributed by atoms with van der Waals surface area (Å²) in [6.07, 6.45) is -3.61. The second-order valence-corrected chi connectivity index (χ2v) is 8.98. The highest BCUT2D eigenvalue weighted by atomic mass is 35.5. The molecular weight excluding hydrogens is 486 g/mol.